The minimum absolute atomic E-state index is 0.0534. The Morgan fingerprint density at radius 3 is 1.67 bits per heavy atom. The van der Waals surface area contributed by atoms with Gasteiger partial charge in [-0.1, -0.05) is 0 Å². The van der Waals surface area contributed by atoms with Gasteiger partial charge in [0, 0.05) is 32.3 Å². The summed E-state index contributed by atoms with van der Waals surface area (Å²) in [5.74, 6) is -0.516. The van der Waals surface area contributed by atoms with Crippen LogP contribution in [0.1, 0.15) is 13.8 Å². The molecule has 2 rings (SSSR count). The third-order valence-electron chi connectivity index (χ3n) is 3.42. The van der Waals surface area contributed by atoms with Crippen molar-refractivity contribution in [3.63, 3.8) is 0 Å². The number of anilines is 2. The summed E-state index contributed by atoms with van der Waals surface area (Å²) in [6.07, 6.45) is 0. The first kappa shape index (κ1) is 20.7. The van der Waals surface area contributed by atoms with Crippen LogP contribution in [-0.4, -0.2) is 35.2 Å². The van der Waals surface area contributed by atoms with Crippen LogP contribution in [0, 0.1) is 0 Å². The molecule has 0 fully saturated rings. The van der Waals surface area contributed by atoms with Crippen molar-refractivity contribution in [3.05, 3.63) is 48.5 Å². The van der Waals surface area contributed by atoms with Crippen LogP contribution in [0.3, 0.4) is 0 Å². The molecule has 2 amide bonds. The number of carbonyl (C=O) groups is 2. The van der Waals surface area contributed by atoms with Crippen LogP contribution < -0.4 is 10.6 Å². The molecule has 0 bridgehead atoms. The molecule has 0 aromatic heterocycles. The summed E-state index contributed by atoms with van der Waals surface area (Å²) < 4.78 is 38.7. The molecule has 1 atom stereocenters. The standard InChI is InChI=1S/C17H19N3O5S2/c1-12(21)18-14-4-8-16(9-5-14)26(23)20(3)27(24,25)17-10-6-15(7-11-17)19-13(2)22/h4-11H,1-3H3,(H,18,21)(H,19,22). The first-order valence-corrected chi connectivity index (χ1v) is 10.3. The van der Waals surface area contributed by atoms with Gasteiger partial charge in [0.15, 0.2) is 0 Å². The van der Waals surface area contributed by atoms with E-state index in [1.54, 1.807) is 0 Å². The van der Waals surface area contributed by atoms with Gasteiger partial charge in [-0.25, -0.2) is 12.6 Å². The van der Waals surface area contributed by atoms with Crippen LogP contribution in [0.25, 0.3) is 0 Å². The summed E-state index contributed by atoms with van der Waals surface area (Å²) in [7, 11) is -4.76. The summed E-state index contributed by atoms with van der Waals surface area (Å²) in [5, 5.41) is 5.12. The molecule has 0 heterocycles. The molecule has 8 nitrogen and oxygen atoms in total. The highest BCUT2D eigenvalue weighted by Crippen LogP contribution is 2.22. The van der Waals surface area contributed by atoms with Crippen molar-refractivity contribution in [1.29, 1.82) is 0 Å². The topological polar surface area (TPSA) is 113 Å². The number of hydrogen-bond acceptors (Lipinski definition) is 5. The van der Waals surface area contributed by atoms with Crippen molar-refractivity contribution < 1.29 is 22.2 Å². The lowest BCUT2D eigenvalue weighted by atomic mass is 10.3. The van der Waals surface area contributed by atoms with Gasteiger partial charge in [-0.3, -0.25) is 9.59 Å². The van der Waals surface area contributed by atoms with Crippen molar-refractivity contribution in [2.45, 2.75) is 23.6 Å². The molecule has 27 heavy (non-hydrogen) atoms. The van der Waals surface area contributed by atoms with Crippen molar-refractivity contribution in [2.75, 3.05) is 17.7 Å². The predicted octanol–water partition coefficient (Wildman–Crippen LogP) is 1.95. The van der Waals surface area contributed by atoms with E-state index in [2.05, 4.69) is 10.6 Å². The fraction of sp³-hybridized carbons (Fsp3) is 0.176. The molecule has 1 unspecified atom stereocenters. The fourth-order valence-electron chi connectivity index (χ4n) is 2.16. The van der Waals surface area contributed by atoms with E-state index < -0.39 is 21.0 Å². The largest absolute Gasteiger partial charge is 0.326 e. The first-order chi connectivity index (χ1) is 12.6. The van der Waals surface area contributed by atoms with Crippen molar-refractivity contribution in [1.82, 2.24) is 3.71 Å². The lowest BCUT2D eigenvalue weighted by Gasteiger charge is -2.17. The zero-order valence-corrected chi connectivity index (χ0v) is 16.6. The molecule has 2 N–H and O–H groups in total. The Morgan fingerprint density at radius 1 is 0.852 bits per heavy atom. The SMILES string of the molecule is CC(=O)Nc1ccc(S(=O)N(C)S(=O)(=O)c2ccc(NC(C)=O)cc2)cc1. The quantitative estimate of drug-likeness (QED) is 0.757. The average molecular weight is 409 g/mol. The highest BCUT2D eigenvalue weighted by molar-refractivity contribution is 8.01. The summed E-state index contributed by atoms with van der Waals surface area (Å²) in [6, 6.07) is 11.6. The number of sulfonamides is 1. The van der Waals surface area contributed by atoms with E-state index in [0.29, 0.717) is 11.4 Å². The summed E-state index contributed by atoms with van der Waals surface area (Å²) in [5.41, 5.74) is 0.973. The maximum Gasteiger partial charge on any atom is 0.254 e. The lowest BCUT2D eigenvalue weighted by molar-refractivity contribution is -0.115. The van der Waals surface area contributed by atoms with E-state index in [1.165, 1.54) is 69.4 Å². The number of benzene rings is 2. The molecule has 2 aromatic rings. The Hall–Kier alpha value is -2.56. The molecule has 0 radical (unpaired) electrons. The molecule has 0 aliphatic heterocycles. The maximum absolute atomic E-state index is 12.7. The molecular weight excluding hydrogens is 390 g/mol. The first-order valence-electron chi connectivity index (χ1n) is 7.77. The zero-order valence-electron chi connectivity index (χ0n) is 14.9. The minimum atomic E-state index is -4.01. The highest BCUT2D eigenvalue weighted by atomic mass is 32.3. The van der Waals surface area contributed by atoms with E-state index in [1.807, 2.05) is 0 Å². The number of carbonyl (C=O) groups excluding carboxylic acids is 2. The number of hydrogen-bond donors (Lipinski definition) is 2. The monoisotopic (exact) mass is 409 g/mol. The van der Waals surface area contributed by atoms with Crippen LogP contribution in [0.15, 0.2) is 58.3 Å². The van der Waals surface area contributed by atoms with Gasteiger partial charge < -0.3 is 10.6 Å². The second-order valence-corrected chi connectivity index (χ2v) is 9.29. The van der Waals surface area contributed by atoms with Crippen LogP contribution in [0.5, 0.6) is 0 Å². The van der Waals surface area contributed by atoms with Crippen LogP contribution in [-0.2, 0) is 30.6 Å². The van der Waals surface area contributed by atoms with E-state index in [-0.39, 0.29) is 21.6 Å². The second kappa shape index (κ2) is 8.42. The fourth-order valence-corrected chi connectivity index (χ4v) is 4.83. The summed E-state index contributed by atoms with van der Waals surface area (Å²) in [4.78, 5) is 22.3. The molecule has 144 valence electrons. The van der Waals surface area contributed by atoms with Gasteiger partial charge in [0.1, 0.15) is 11.0 Å². The smallest absolute Gasteiger partial charge is 0.254 e. The molecule has 0 saturated carbocycles. The Bertz CT molecular complexity index is 971. The molecule has 10 heteroatoms. The summed E-state index contributed by atoms with van der Waals surface area (Å²) >= 11 is 0. The van der Waals surface area contributed by atoms with Crippen LogP contribution in [0.2, 0.25) is 0 Å². The molecule has 0 spiro atoms. The number of amides is 2. The predicted molar refractivity (Wildman–Crippen MR) is 103 cm³/mol. The van der Waals surface area contributed by atoms with Gasteiger partial charge in [0.05, 0.1) is 9.79 Å². The second-order valence-electron chi connectivity index (χ2n) is 5.58. The van der Waals surface area contributed by atoms with Gasteiger partial charge in [0.25, 0.3) is 10.0 Å². The molecule has 0 saturated heterocycles. The highest BCUT2D eigenvalue weighted by Gasteiger charge is 2.26. The zero-order chi connectivity index (χ0) is 20.2. The molecule has 2 aromatic carbocycles. The van der Waals surface area contributed by atoms with Gasteiger partial charge in [-0.05, 0) is 48.5 Å². The molecule has 0 aliphatic carbocycles. The maximum atomic E-state index is 12.7. The number of rotatable bonds is 6. The van der Waals surface area contributed by atoms with Gasteiger partial charge in [-0.2, -0.15) is 0 Å². The van der Waals surface area contributed by atoms with E-state index in [4.69, 9.17) is 0 Å². The van der Waals surface area contributed by atoms with E-state index in [0.717, 1.165) is 3.71 Å². The molecular formula is C17H19N3O5S2. The van der Waals surface area contributed by atoms with Crippen LogP contribution >= 0.6 is 0 Å². The van der Waals surface area contributed by atoms with Crippen LogP contribution in [0.4, 0.5) is 11.4 Å². The Labute approximate surface area is 160 Å². The Morgan fingerprint density at radius 2 is 1.26 bits per heavy atom. The van der Waals surface area contributed by atoms with Crippen molar-refractivity contribution >= 4 is 44.2 Å². The Balaban J connectivity index is 2.21. The summed E-state index contributed by atoms with van der Waals surface area (Å²) in [6.45, 7) is 2.71. The lowest BCUT2D eigenvalue weighted by Crippen LogP contribution is -2.29. The average Bonchev–Trinajstić information content (AvgIpc) is 2.60. The molecule has 0 aliphatic rings. The van der Waals surface area contributed by atoms with Gasteiger partial charge in [0.2, 0.25) is 11.8 Å². The number of nitrogens with one attached hydrogen (secondary N) is 2. The minimum Gasteiger partial charge on any atom is -0.326 e. The van der Waals surface area contributed by atoms with E-state index >= 15 is 0 Å². The normalized spacial score (nSPS) is 12.4. The third-order valence-corrected chi connectivity index (χ3v) is 7.10. The number of nitrogens with zero attached hydrogens (tertiary/aromatic N) is 1. The van der Waals surface area contributed by atoms with Gasteiger partial charge in [-0.15, -0.1) is 3.71 Å². The van der Waals surface area contributed by atoms with Gasteiger partial charge >= 0.3 is 0 Å². The van der Waals surface area contributed by atoms with E-state index in [9.17, 15) is 22.2 Å². The van der Waals surface area contributed by atoms with Crippen molar-refractivity contribution in [3.8, 4) is 0 Å². The third kappa shape index (κ3) is 5.22. The van der Waals surface area contributed by atoms with Crippen molar-refractivity contribution in [2.24, 2.45) is 0 Å². The Kier molecular flexibility index (Phi) is 6.47.